The van der Waals surface area contributed by atoms with E-state index in [4.69, 9.17) is 0 Å². The lowest BCUT2D eigenvalue weighted by molar-refractivity contribution is 0.334. The van der Waals surface area contributed by atoms with E-state index in [-0.39, 0.29) is 0 Å². The monoisotopic (exact) mass is 232 g/mol. The summed E-state index contributed by atoms with van der Waals surface area (Å²) < 4.78 is 0. The Bertz CT molecular complexity index is 291. The normalized spacial score (nSPS) is 17.2. The lowest BCUT2D eigenvalue weighted by Gasteiger charge is -2.21. The first-order chi connectivity index (χ1) is 8.45. The van der Waals surface area contributed by atoms with Gasteiger partial charge in [-0.15, -0.1) is 0 Å². The molecule has 1 heterocycles. The van der Waals surface area contributed by atoms with Gasteiger partial charge in [-0.05, 0) is 43.5 Å². The van der Waals surface area contributed by atoms with E-state index < -0.39 is 0 Å². The van der Waals surface area contributed by atoms with Crippen molar-refractivity contribution < 1.29 is 0 Å². The number of hydrogen-bond donors (Lipinski definition) is 1. The summed E-state index contributed by atoms with van der Waals surface area (Å²) in [7, 11) is 0. The van der Waals surface area contributed by atoms with Crippen molar-refractivity contribution in [3.63, 3.8) is 0 Å². The van der Waals surface area contributed by atoms with Gasteiger partial charge in [0.05, 0.1) is 0 Å². The second-order valence-corrected chi connectivity index (χ2v) is 5.15. The summed E-state index contributed by atoms with van der Waals surface area (Å²) in [5.74, 6) is 0.995. The molecular weight excluding hydrogens is 208 g/mol. The second kappa shape index (κ2) is 7.44. The average Bonchev–Trinajstić information content (AvgIpc) is 2.41. The van der Waals surface area contributed by atoms with E-state index in [1.54, 1.807) is 0 Å². The number of hydrogen-bond acceptors (Lipinski definition) is 2. The SMILES string of the molecule is c1cncc(CCNCCC2CCCCC2)c1. The van der Waals surface area contributed by atoms with Gasteiger partial charge in [0.15, 0.2) is 0 Å². The molecule has 0 aromatic carbocycles. The molecule has 0 atom stereocenters. The Balaban J connectivity index is 1.51. The minimum Gasteiger partial charge on any atom is -0.316 e. The van der Waals surface area contributed by atoms with Crippen LogP contribution in [0.3, 0.4) is 0 Å². The first kappa shape index (κ1) is 12.6. The van der Waals surface area contributed by atoms with Crippen LogP contribution in [0.15, 0.2) is 24.5 Å². The molecule has 2 heteroatoms. The summed E-state index contributed by atoms with van der Waals surface area (Å²) in [4.78, 5) is 4.13. The van der Waals surface area contributed by atoms with E-state index in [2.05, 4.69) is 16.4 Å². The summed E-state index contributed by atoms with van der Waals surface area (Å²) in [6.07, 6.45) is 13.6. The Hall–Kier alpha value is -0.890. The van der Waals surface area contributed by atoms with Gasteiger partial charge in [0, 0.05) is 12.4 Å². The van der Waals surface area contributed by atoms with E-state index in [9.17, 15) is 0 Å². The number of rotatable bonds is 6. The second-order valence-electron chi connectivity index (χ2n) is 5.15. The molecule has 0 unspecified atom stereocenters. The highest BCUT2D eigenvalue weighted by molar-refractivity contribution is 5.08. The third-order valence-corrected chi connectivity index (χ3v) is 3.77. The largest absolute Gasteiger partial charge is 0.316 e. The number of aromatic nitrogens is 1. The fourth-order valence-electron chi connectivity index (χ4n) is 2.69. The van der Waals surface area contributed by atoms with Gasteiger partial charge in [-0.1, -0.05) is 38.2 Å². The van der Waals surface area contributed by atoms with Crippen LogP contribution >= 0.6 is 0 Å². The highest BCUT2D eigenvalue weighted by Crippen LogP contribution is 2.25. The van der Waals surface area contributed by atoms with Crippen molar-refractivity contribution in [2.24, 2.45) is 5.92 Å². The smallest absolute Gasteiger partial charge is 0.0300 e. The molecule has 1 fully saturated rings. The van der Waals surface area contributed by atoms with Crippen molar-refractivity contribution in [3.05, 3.63) is 30.1 Å². The molecule has 0 spiro atoms. The van der Waals surface area contributed by atoms with Crippen molar-refractivity contribution in [1.29, 1.82) is 0 Å². The van der Waals surface area contributed by atoms with Crippen molar-refractivity contribution in [2.45, 2.75) is 44.9 Å². The molecule has 0 saturated heterocycles. The first-order valence-corrected chi connectivity index (χ1v) is 7.05. The highest BCUT2D eigenvalue weighted by Gasteiger charge is 2.12. The van der Waals surface area contributed by atoms with Gasteiger partial charge in [0.1, 0.15) is 0 Å². The fourth-order valence-corrected chi connectivity index (χ4v) is 2.69. The molecule has 0 aliphatic heterocycles. The van der Waals surface area contributed by atoms with Crippen molar-refractivity contribution in [2.75, 3.05) is 13.1 Å². The molecule has 1 aliphatic rings. The molecule has 1 aliphatic carbocycles. The van der Waals surface area contributed by atoms with Gasteiger partial charge in [-0.25, -0.2) is 0 Å². The van der Waals surface area contributed by atoms with Crippen molar-refractivity contribution >= 4 is 0 Å². The highest BCUT2D eigenvalue weighted by atomic mass is 14.8. The zero-order valence-corrected chi connectivity index (χ0v) is 10.7. The quantitative estimate of drug-likeness (QED) is 0.762. The lowest BCUT2D eigenvalue weighted by atomic mass is 9.87. The third kappa shape index (κ3) is 4.86. The predicted octanol–water partition coefficient (Wildman–Crippen LogP) is 3.18. The van der Waals surface area contributed by atoms with Crippen molar-refractivity contribution in [1.82, 2.24) is 10.3 Å². The van der Waals surface area contributed by atoms with Crippen LogP contribution in [0.5, 0.6) is 0 Å². The Labute approximate surface area is 105 Å². The van der Waals surface area contributed by atoms with E-state index in [1.165, 1.54) is 50.6 Å². The van der Waals surface area contributed by atoms with Crippen LogP contribution in [0.1, 0.15) is 44.1 Å². The lowest BCUT2D eigenvalue weighted by Crippen LogP contribution is -2.21. The average molecular weight is 232 g/mol. The zero-order chi connectivity index (χ0) is 11.8. The molecule has 0 bridgehead atoms. The third-order valence-electron chi connectivity index (χ3n) is 3.77. The van der Waals surface area contributed by atoms with Gasteiger partial charge >= 0.3 is 0 Å². The molecule has 94 valence electrons. The van der Waals surface area contributed by atoms with Gasteiger partial charge in [0.25, 0.3) is 0 Å². The van der Waals surface area contributed by atoms with Crippen LogP contribution in [-0.4, -0.2) is 18.1 Å². The maximum absolute atomic E-state index is 4.13. The fraction of sp³-hybridized carbons (Fsp3) is 0.667. The first-order valence-electron chi connectivity index (χ1n) is 7.05. The van der Waals surface area contributed by atoms with Gasteiger partial charge in [-0.2, -0.15) is 0 Å². The van der Waals surface area contributed by atoms with Gasteiger partial charge in [0.2, 0.25) is 0 Å². The Morgan fingerprint density at radius 3 is 2.82 bits per heavy atom. The van der Waals surface area contributed by atoms with E-state index in [1.807, 2.05) is 18.5 Å². The Morgan fingerprint density at radius 1 is 1.18 bits per heavy atom. The number of pyridine rings is 1. The van der Waals surface area contributed by atoms with E-state index in [0.717, 1.165) is 18.9 Å². The summed E-state index contributed by atoms with van der Waals surface area (Å²) >= 11 is 0. The molecule has 1 aromatic heterocycles. The topological polar surface area (TPSA) is 24.9 Å². The molecule has 1 N–H and O–H groups in total. The molecular formula is C15H24N2. The van der Waals surface area contributed by atoms with Gasteiger partial charge in [-0.3, -0.25) is 4.98 Å². The molecule has 2 rings (SSSR count). The van der Waals surface area contributed by atoms with Crippen LogP contribution in [0.2, 0.25) is 0 Å². The maximum Gasteiger partial charge on any atom is 0.0300 e. The van der Waals surface area contributed by atoms with Crippen molar-refractivity contribution in [3.8, 4) is 0 Å². The van der Waals surface area contributed by atoms with Crippen LogP contribution in [0.4, 0.5) is 0 Å². The summed E-state index contributed by atoms with van der Waals surface area (Å²) in [5.41, 5.74) is 1.33. The van der Waals surface area contributed by atoms with Crippen LogP contribution in [-0.2, 0) is 6.42 Å². The minimum absolute atomic E-state index is 0.995. The summed E-state index contributed by atoms with van der Waals surface area (Å²) in [6.45, 7) is 2.27. The summed E-state index contributed by atoms with van der Waals surface area (Å²) in [5, 5.41) is 3.55. The Kier molecular flexibility index (Phi) is 5.50. The zero-order valence-electron chi connectivity index (χ0n) is 10.7. The number of nitrogens with one attached hydrogen (secondary N) is 1. The molecule has 17 heavy (non-hydrogen) atoms. The minimum atomic E-state index is 0.995. The maximum atomic E-state index is 4.13. The van der Waals surface area contributed by atoms with Crippen LogP contribution in [0, 0.1) is 5.92 Å². The van der Waals surface area contributed by atoms with E-state index >= 15 is 0 Å². The molecule has 2 nitrogen and oxygen atoms in total. The molecule has 1 saturated carbocycles. The van der Waals surface area contributed by atoms with Crippen LogP contribution < -0.4 is 5.32 Å². The van der Waals surface area contributed by atoms with Gasteiger partial charge < -0.3 is 5.32 Å². The standard InChI is InChI=1S/C15H24N2/c1-2-5-14(6-3-1)8-11-16-12-9-15-7-4-10-17-13-15/h4,7,10,13-14,16H,1-3,5-6,8-9,11-12H2. The Morgan fingerprint density at radius 2 is 2.06 bits per heavy atom. The summed E-state index contributed by atoms with van der Waals surface area (Å²) in [6, 6.07) is 4.16. The molecule has 0 radical (unpaired) electrons. The predicted molar refractivity (Wildman–Crippen MR) is 72.0 cm³/mol. The van der Waals surface area contributed by atoms with E-state index in [0.29, 0.717) is 0 Å². The van der Waals surface area contributed by atoms with Crippen LogP contribution in [0.25, 0.3) is 0 Å². The molecule has 1 aromatic rings. The number of nitrogens with zero attached hydrogens (tertiary/aromatic N) is 1. The molecule has 0 amide bonds.